The van der Waals surface area contributed by atoms with Crippen LogP contribution >= 0.6 is 0 Å². The summed E-state index contributed by atoms with van der Waals surface area (Å²) in [6, 6.07) is 2.32. The molecule has 0 aromatic heterocycles. The van der Waals surface area contributed by atoms with Gasteiger partial charge in [-0.2, -0.15) is 5.26 Å². The number of fused-ring (bicyclic) bond motifs is 5. The second kappa shape index (κ2) is 4.98. The van der Waals surface area contributed by atoms with Crippen LogP contribution in [0.4, 0.5) is 0 Å². The van der Waals surface area contributed by atoms with Crippen LogP contribution in [0.5, 0.6) is 0 Å². The average Bonchev–Trinajstić information content (AvgIpc) is 2.84. The molecule has 4 aliphatic carbocycles. The maximum Gasteiger partial charge on any atom is 0.0911 e. The van der Waals surface area contributed by atoms with Crippen molar-refractivity contribution in [3.8, 4) is 6.07 Å². The molecule has 4 rings (SSSR count). The number of hydrogen-bond donors (Lipinski definition) is 0. The van der Waals surface area contributed by atoms with Gasteiger partial charge in [0, 0.05) is 6.08 Å². The Labute approximate surface area is 135 Å². The van der Waals surface area contributed by atoms with Gasteiger partial charge in [0.05, 0.1) is 6.07 Å². The zero-order valence-electron chi connectivity index (χ0n) is 14.2. The predicted molar refractivity (Wildman–Crippen MR) is 90.0 cm³/mol. The summed E-state index contributed by atoms with van der Waals surface area (Å²) in [5.74, 6) is 2.65. The minimum atomic E-state index is 0.336. The first-order valence-electron chi connectivity index (χ1n) is 9.38. The fourth-order valence-electron chi connectivity index (χ4n) is 6.92. The Bertz CT molecular complexity index is 577. The summed E-state index contributed by atoms with van der Waals surface area (Å²) >= 11 is 0. The van der Waals surface area contributed by atoms with Gasteiger partial charge in [0.1, 0.15) is 0 Å². The third-order valence-electron chi connectivity index (χ3n) is 8.11. The smallest absolute Gasteiger partial charge is 0.0911 e. The first-order chi connectivity index (χ1) is 10.6. The molecular weight excluding hydrogens is 266 g/mol. The second-order valence-electron chi connectivity index (χ2n) is 8.75. The van der Waals surface area contributed by atoms with Gasteiger partial charge in [0.2, 0.25) is 0 Å². The van der Waals surface area contributed by atoms with Crippen molar-refractivity contribution < 1.29 is 0 Å². The summed E-state index contributed by atoms with van der Waals surface area (Å²) in [7, 11) is 0. The Morgan fingerprint density at radius 1 is 1.09 bits per heavy atom. The number of nitriles is 1. The molecule has 0 heterocycles. The Hall–Kier alpha value is -1.03. The highest BCUT2D eigenvalue weighted by Crippen LogP contribution is 2.66. The maximum atomic E-state index is 9.13. The molecule has 0 amide bonds. The van der Waals surface area contributed by atoms with E-state index in [1.165, 1.54) is 63.4 Å². The molecule has 0 aliphatic heterocycles. The van der Waals surface area contributed by atoms with E-state index in [0.717, 1.165) is 17.8 Å². The zero-order chi connectivity index (χ0) is 15.4. The van der Waals surface area contributed by atoms with Gasteiger partial charge in [0.25, 0.3) is 0 Å². The van der Waals surface area contributed by atoms with Crippen LogP contribution < -0.4 is 0 Å². The minimum absolute atomic E-state index is 0.336. The van der Waals surface area contributed by atoms with Crippen molar-refractivity contribution >= 4 is 0 Å². The molecular formula is C21H29N. The van der Waals surface area contributed by atoms with Crippen LogP contribution in [0.25, 0.3) is 0 Å². The van der Waals surface area contributed by atoms with Crippen LogP contribution in [0.1, 0.15) is 71.6 Å². The summed E-state index contributed by atoms with van der Waals surface area (Å²) in [4.78, 5) is 0. The molecule has 4 unspecified atom stereocenters. The molecule has 1 heteroatoms. The molecule has 0 N–H and O–H groups in total. The first-order valence-corrected chi connectivity index (χ1v) is 9.38. The molecule has 5 atom stereocenters. The zero-order valence-corrected chi connectivity index (χ0v) is 14.2. The number of rotatable bonds is 0. The highest BCUT2D eigenvalue weighted by atomic mass is 14.6. The summed E-state index contributed by atoms with van der Waals surface area (Å²) in [5, 5.41) is 9.13. The van der Waals surface area contributed by atoms with Crippen LogP contribution in [-0.4, -0.2) is 0 Å². The van der Waals surface area contributed by atoms with Crippen molar-refractivity contribution in [3.05, 3.63) is 23.3 Å². The lowest BCUT2D eigenvalue weighted by Crippen LogP contribution is -2.49. The van der Waals surface area contributed by atoms with Gasteiger partial charge in [-0.05, 0) is 86.4 Å². The monoisotopic (exact) mass is 295 g/mol. The van der Waals surface area contributed by atoms with Crippen molar-refractivity contribution in [2.45, 2.75) is 71.6 Å². The maximum absolute atomic E-state index is 9.13. The quantitative estimate of drug-likeness (QED) is 0.410. The normalized spacial score (nSPS) is 48.9. The van der Waals surface area contributed by atoms with E-state index in [1.807, 2.05) is 6.08 Å². The third-order valence-corrected chi connectivity index (χ3v) is 8.11. The Balaban J connectivity index is 1.68. The van der Waals surface area contributed by atoms with Crippen molar-refractivity contribution in [1.29, 1.82) is 5.26 Å². The Morgan fingerprint density at radius 3 is 2.73 bits per heavy atom. The second-order valence-corrected chi connectivity index (χ2v) is 8.75. The van der Waals surface area contributed by atoms with Crippen LogP contribution in [0.15, 0.2) is 23.3 Å². The van der Waals surface area contributed by atoms with Crippen LogP contribution in [0, 0.1) is 39.9 Å². The lowest BCUT2D eigenvalue weighted by molar-refractivity contribution is -0.0254. The van der Waals surface area contributed by atoms with E-state index < -0.39 is 0 Å². The van der Waals surface area contributed by atoms with Crippen LogP contribution in [-0.2, 0) is 0 Å². The van der Waals surface area contributed by atoms with E-state index in [0.29, 0.717) is 10.8 Å². The Morgan fingerprint density at radius 2 is 1.91 bits per heavy atom. The molecule has 0 radical (unpaired) electrons. The first kappa shape index (κ1) is 14.6. The molecule has 0 aromatic rings. The molecule has 3 saturated carbocycles. The lowest BCUT2D eigenvalue weighted by Gasteiger charge is -2.57. The van der Waals surface area contributed by atoms with Gasteiger partial charge in [-0.1, -0.05) is 31.1 Å². The van der Waals surface area contributed by atoms with Gasteiger partial charge >= 0.3 is 0 Å². The fraction of sp³-hybridized carbons (Fsp3) is 0.762. The lowest BCUT2D eigenvalue weighted by atomic mass is 9.47. The minimum Gasteiger partial charge on any atom is -0.193 e. The average molecular weight is 295 g/mol. The van der Waals surface area contributed by atoms with Crippen molar-refractivity contribution in [3.63, 3.8) is 0 Å². The van der Waals surface area contributed by atoms with E-state index >= 15 is 0 Å². The van der Waals surface area contributed by atoms with Gasteiger partial charge < -0.3 is 0 Å². The molecule has 0 aromatic carbocycles. The predicted octanol–water partition coefficient (Wildman–Crippen LogP) is 5.79. The molecule has 0 spiro atoms. The van der Waals surface area contributed by atoms with Gasteiger partial charge in [-0.15, -0.1) is 0 Å². The Kier molecular flexibility index (Phi) is 3.30. The topological polar surface area (TPSA) is 23.8 Å². The number of hydrogen-bond acceptors (Lipinski definition) is 1. The number of nitrogens with zero attached hydrogens (tertiary/aromatic N) is 1. The largest absolute Gasteiger partial charge is 0.193 e. The van der Waals surface area contributed by atoms with Crippen molar-refractivity contribution in [2.75, 3.05) is 0 Å². The van der Waals surface area contributed by atoms with Crippen LogP contribution in [0.2, 0.25) is 0 Å². The highest BCUT2D eigenvalue weighted by molar-refractivity contribution is 5.30. The molecule has 0 bridgehead atoms. The standard InChI is InChI=1S/C21H29N/c1-20-12-4-3-5-15(20)6-8-17-18-9-7-16(11-14-22)21(18,2)13-10-19(17)20/h5,11,17-19H,3-4,6-10,12-13H2,1-2H3/b16-11-/t17?,18?,19?,20-,21?/m0/s1. The molecule has 4 aliphatic rings. The number of allylic oxidation sites excluding steroid dienone is 4. The fourth-order valence-corrected chi connectivity index (χ4v) is 6.92. The van der Waals surface area contributed by atoms with E-state index in [1.54, 1.807) is 5.57 Å². The SMILES string of the molecule is CC12CCC3C(CCC4=CCCC[C@@]43C)C1CC/C2=C/C#N. The third kappa shape index (κ3) is 1.82. The molecule has 22 heavy (non-hydrogen) atoms. The molecule has 3 fully saturated rings. The van der Waals surface area contributed by atoms with Crippen molar-refractivity contribution in [2.24, 2.45) is 28.6 Å². The summed E-state index contributed by atoms with van der Waals surface area (Å²) in [6.07, 6.45) is 16.6. The van der Waals surface area contributed by atoms with E-state index in [-0.39, 0.29) is 0 Å². The van der Waals surface area contributed by atoms with Gasteiger partial charge in [0.15, 0.2) is 0 Å². The summed E-state index contributed by atoms with van der Waals surface area (Å²) in [5.41, 5.74) is 4.11. The van der Waals surface area contributed by atoms with Gasteiger partial charge in [-0.3, -0.25) is 0 Å². The molecule has 1 nitrogen and oxygen atoms in total. The summed E-state index contributed by atoms with van der Waals surface area (Å²) in [6.45, 7) is 5.05. The summed E-state index contributed by atoms with van der Waals surface area (Å²) < 4.78 is 0. The van der Waals surface area contributed by atoms with E-state index in [9.17, 15) is 0 Å². The van der Waals surface area contributed by atoms with E-state index in [2.05, 4.69) is 26.0 Å². The molecule has 0 saturated heterocycles. The highest BCUT2D eigenvalue weighted by Gasteiger charge is 2.57. The van der Waals surface area contributed by atoms with Crippen molar-refractivity contribution in [1.82, 2.24) is 0 Å². The molecule has 118 valence electrons. The van der Waals surface area contributed by atoms with Gasteiger partial charge in [-0.25, -0.2) is 0 Å². The van der Waals surface area contributed by atoms with E-state index in [4.69, 9.17) is 5.26 Å². The van der Waals surface area contributed by atoms with Crippen LogP contribution in [0.3, 0.4) is 0 Å².